The van der Waals surface area contributed by atoms with Gasteiger partial charge in [0, 0.05) is 6.08 Å². The molecule has 0 spiro atoms. The van der Waals surface area contributed by atoms with Crippen molar-refractivity contribution < 1.29 is 23.8 Å². The van der Waals surface area contributed by atoms with Gasteiger partial charge < -0.3 is 19.5 Å². The van der Waals surface area contributed by atoms with Crippen LogP contribution < -0.4 is 14.8 Å². The Morgan fingerprint density at radius 3 is 2.55 bits per heavy atom. The molecule has 0 radical (unpaired) electrons. The van der Waals surface area contributed by atoms with E-state index >= 15 is 0 Å². The highest BCUT2D eigenvalue weighted by atomic mass is 16.5. The van der Waals surface area contributed by atoms with Crippen LogP contribution in [0.1, 0.15) is 19.4 Å². The maximum absolute atomic E-state index is 11.5. The summed E-state index contributed by atoms with van der Waals surface area (Å²) in [4.78, 5) is 22.5. The highest BCUT2D eigenvalue weighted by molar-refractivity contribution is 5.93. The summed E-state index contributed by atoms with van der Waals surface area (Å²) in [5.41, 5.74) is 0.779. The summed E-state index contributed by atoms with van der Waals surface area (Å²) < 4.78 is 15.3. The van der Waals surface area contributed by atoms with Crippen LogP contribution in [0.25, 0.3) is 6.08 Å². The average molecular weight is 307 g/mol. The largest absolute Gasteiger partial charge is 0.493 e. The smallest absolute Gasteiger partial charge is 0.325 e. The summed E-state index contributed by atoms with van der Waals surface area (Å²) in [6.45, 7) is 3.70. The topological polar surface area (TPSA) is 73.9 Å². The number of amides is 1. The van der Waals surface area contributed by atoms with Crippen LogP contribution in [-0.2, 0) is 14.3 Å². The third-order valence-electron chi connectivity index (χ3n) is 2.61. The molecule has 0 aliphatic rings. The number of carbonyl (C=O) groups is 2. The van der Waals surface area contributed by atoms with E-state index in [-0.39, 0.29) is 18.6 Å². The maximum Gasteiger partial charge on any atom is 0.325 e. The molecule has 0 atom stereocenters. The molecule has 0 fully saturated rings. The van der Waals surface area contributed by atoms with Crippen LogP contribution in [0.5, 0.6) is 11.5 Å². The summed E-state index contributed by atoms with van der Waals surface area (Å²) >= 11 is 0. The monoisotopic (exact) mass is 307 g/mol. The molecule has 1 aromatic rings. The number of methoxy groups -OCH3 is 2. The van der Waals surface area contributed by atoms with Crippen LogP contribution in [0.4, 0.5) is 0 Å². The molecule has 1 amide bonds. The number of rotatable bonds is 7. The Bertz CT molecular complexity index is 551. The van der Waals surface area contributed by atoms with Gasteiger partial charge >= 0.3 is 5.97 Å². The third-order valence-corrected chi connectivity index (χ3v) is 2.61. The van der Waals surface area contributed by atoms with E-state index < -0.39 is 5.97 Å². The second kappa shape index (κ2) is 8.71. The number of esters is 1. The molecule has 0 saturated carbocycles. The highest BCUT2D eigenvalue weighted by Crippen LogP contribution is 2.29. The van der Waals surface area contributed by atoms with E-state index in [2.05, 4.69) is 10.1 Å². The molecule has 22 heavy (non-hydrogen) atoms. The zero-order valence-corrected chi connectivity index (χ0v) is 13.2. The summed E-state index contributed by atoms with van der Waals surface area (Å²) in [5, 5.41) is 2.41. The van der Waals surface area contributed by atoms with E-state index in [1.807, 2.05) is 19.9 Å². The van der Waals surface area contributed by atoms with E-state index in [1.165, 1.54) is 13.2 Å². The standard InChI is InChI=1S/C16H21NO5/c1-11(2)22-13-7-5-12(9-14(13)20-3)6-8-15(18)17-10-16(19)21-4/h5-9,11H,10H2,1-4H3,(H,17,18)/b8-6+. The van der Waals surface area contributed by atoms with Gasteiger partial charge in [0.2, 0.25) is 5.91 Å². The first-order valence-electron chi connectivity index (χ1n) is 6.83. The van der Waals surface area contributed by atoms with Gasteiger partial charge in [-0.1, -0.05) is 6.07 Å². The maximum atomic E-state index is 11.5. The molecule has 0 saturated heterocycles. The molecule has 6 heteroatoms. The third kappa shape index (κ3) is 5.87. The molecular weight excluding hydrogens is 286 g/mol. The van der Waals surface area contributed by atoms with Crippen LogP contribution in [-0.4, -0.2) is 38.7 Å². The van der Waals surface area contributed by atoms with Crippen molar-refractivity contribution in [2.75, 3.05) is 20.8 Å². The van der Waals surface area contributed by atoms with E-state index in [0.717, 1.165) is 5.56 Å². The first-order chi connectivity index (χ1) is 10.5. The van der Waals surface area contributed by atoms with Gasteiger partial charge in [-0.25, -0.2) is 0 Å². The SMILES string of the molecule is COC(=O)CNC(=O)/C=C/c1ccc(OC(C)C)c(OC)c1. The van der Waals surface area contributed by atoms with Gasteiger partial charge in [-0.2, -0.15) is 0 Å². The fourth-order valence-corrected chi connectivity index (χ4v) is 1.60. The minimum atomic E-state index is -0.501. The summed E-state index contributed by atoms with van der Waals surface area (Å²) in [6.07, 6.45) is 2.99. The number of hydrogen-bond donors (Lipinski definition) is 1. The summed E-state index contributed by atoms with van der Waals surface area (Å²) in [6, 6.07) is 5.36. The lowest BCUT2D eigenvalue weighted by molar-refractivity contribution is -0.140. The number of hydrogen-bond acceptors (Lipinski definition) is 5. The van der Waals surface area contributed by atoms with Gasteiger partial charge in [0.15, 0.2) is 11.5 Å². The van der Waals surface area contributed by atoms with Crippen LogP contribution >= 0.6 is 0 Å². The fraction of sp³-hybridized carbons (Fsp3) is 0.375. The number of ether oxygens (including phenoxy) is 3. The van der Waals surface area contributed by atoms with Gasteiger partial charge in [0.05, 0.1) is 20.3 Å². The predicted molar refractivity (Wildman–Crippen MR) is 82.8 cm³/mol. The number of carbonyl (C=O) groups excluding carboxylic acids is 2. The minimum absolute atomic E-state index is 0.0411. The van der Waals surface area contributed by atoms with E-state index in [0.29, 0.717) is 11.5 Å². The van der Waals surface area contributed by atoms with Gasteiger partial charge in [-0.3, -0.25) is 9.59 Å². The molecule has 0 aromatic heterocycles. The molecule has 0 unspecified atom stereocenters. The Balaban J connectivity index is 2.71. The lowest BCUT2D eigenvalue weighted by Crippen LogP contribution is -2.28. The predicted octanol–water partition coefficient (Wildman–Crippen LogP) is 1.78. The molecule has 0 aliphatic carbocycles. The van der Waals surface area contributed by atoms with E-state index in [9.17, 15) is 9.59 Å². The quantitative estimate of drug-likeness (QED) is 0.614. The molecule has 0 aliphatic heterocycles. The van der Waals surface area contributed by atoms with Crippen molar-refractivity contribution in [3.8, 4) is 11.5 Å². The van der Waals surface area contributed by atoms with E-state index in [1.54, 1.807) is 25.3 Å². The Morgan fingerprint density at radius 1 is 1.23 bits per heavy atom. The molecule has 1 rings (SSSR count). The zero-order chi connectivity index (χ0) is 16.5. The Labute approximate surface area is 130 Å². The van der Waals surface area contributed by atoms with Crippen molar-refractivity contribution in [1.29, 1.82) is 0 Å². The Kier molecular flexibility index (Phi) is 6.95. The first-order valence-corrected chi connectivity index (χ1v) is 6.83. The number of benzene rings is 1. The van der Waals surface area contributed by atoms with Crippen molar-refractivity contribution in [3.05, 3.63) is 29.8 Å². The van der Waals surface area contributed by atoms with Crippen LogP contribution in [0.3, 0.4) is 0 Å². The molecule has 1 N–H and O–H groups in total. The zero-order valence-electron chi connectivity index (χ0n) is 13.2. The fourth-order valence-electron chi connectivity index (χ4n) is 1.60. The molecule has 0 heterocycles. The van der Waals surface area contributed by atoms with Crippen LogP contribution in [0, 0.1) is 0 Å². The lowest BCUT2D eigenvalue weighted by Gasteiger charge is -2.13. The van der Waals surface area contributed by atoms with Gasteiger partial charge in [0.1, 0.15) is 6.54 Å². The first kappa shape index (κ1) is 17.6. The summed E-state index contributed by atoms with van der Waals surface area (Å²) in [7, 11) is 2.82. The van der Waals surface area contributed by atoms with Gasteiger partial charge in [0.25, 0.3) is 0 Å². The van der Waals surface area contributed by atoms with Crippen molar-refractivity contribution in [3.63, 3.8) is 0 Å². The molecule has 1 aromatic carbocycles. The Hall–Kier alpha value is -2.50. The second-order valence-electron chi connectivity index (χ2n) is 4.70. The minimum Gasteiger partial charge on any atom is -0.493 e. The van der Waals surface area contributed by atoms with Crippen molar-refractivity contribution in [1.82, 2.24) is 5.32 Å². The van der Waals surface area contributed by atoms with Gasteiger partial charge in [-0.15, -0.1) is 0 Å². The van der Waals surface area contributed by atoms with Crippen molar-refractivity contribution >= 4 is 18.0 Å². The normalized spacial score (nSPS) is 10.6. The average Bonchev–Trinajstić information content (AvgIpc) is 2.50. The highest BCUT2D eigenvalue weighted by Gasteiger charge is 2.07. The number of nitrogens with one attached hydrogen (secondary N) is 1. The molecule has 120 valence electrons. The Morgan fingerprint density at radius 2 is 1.95 bits per heavy atom. The van der Waals surface area contributed by atoms with Gasteiger partial charge in [-0.05, 0) is 37.6 Å². The molecule has 0 bridgehead atoms. The molecule has 6 nitrogen and oxygen atoms in total. The van der Waals surface area contributed by atoms with E-state index in [4.69, 9.17) is 9.47 Å². The second-order valence-corrected chi connectivity index (χ2v) is 4.70. The lowest BCUT2D eigenvalue weighted by atomic mass is 10.2. The summed E-state index contributed by atoms with van der Waals surface area (Å²) in [5.74, 6) is 0.348. The van der Waals surface area contributed by atoms with Crippen LogP contribution in [0.15, 0.2) is 24.3 Å². The molecular formula is C16H21NO5. The van der Waals surface area contributed by atoms with Crippen molar-refractivity contribution in [2.45, 2.75) is 20.0 Å². The van der Waals surface area contributed by atoms with Crippen LogP contribution in [0.2, 0.25) is 0 Å². The van der Waals surface area contributed by atoms with Crippen molar-refractivity contribution in [2.24, 2.45) is 0 Å².